The summed E-state index contributed by atoms with van der Waals surface area (Å²) in [7, 11) is 0. The molecule has 1 aliphatic heterocycles. The Labute approximate surface area is 100 Å². The van der Waals surface area contributed by atoms with Crippen molar-refractivity contribution >= 4 is 11.7 Å². The fraction of sp³-hybridized carbons (Fsp3) is 0.308. The third-order valence-electron chi connectivity index (χ3n) is 2.59. The Balaban J connectivity index is 2.19. The molecule has 2 rings (SSSR count). The lowest BCUT2D eigenvalue weighted by Crippen LogP contribution is -2.36. The Morgan fingerprint density at radius 2 is 2.06 bits per heavy atom. The van der Waals surface area contributed by atoms with Crippen LogP contribution in [0.15, 0.2) is 36.9 Å². The minimum Gasteiger partial charge on any atom is -0.421 e. The zero-order chi connectivity index (χ0) is 12.1. The Bertz CT molecular complexity index is 411. The van der Waals surface area contributed by atoms with E-state index < -0.39 is 5.97 Å². The van der Waals surface area contributed by atoms with Crippen LogP contribution in [0.1, 0.15) is 0 Å². The molecule has 0 unspecified atom stereocenters. The summed E-state index contributed by atoms with van der Waals surface area (Å²) in [4.78, 5) is 13.4. The second-order valence-corrected chi connectivity index (χ2v) is 3.69. The van der Waals surface area contributed by atoms with Crippen LogP contribution in [0.4, 0.5) is 5.69 Å². The molecule has 0 saturated carbocycles. The first-order chi connectivity index (χ1) is 8.31. The maximum absolute atomic E-state index is 11.2. The highest BCUT2D eigenvalue weighted by atomic mass is 16.5. The number of carbonyl (C=O) groups excluding carboxylic acids is 1. The Kier molecular flexibility index (Phi) is 3.77. The van der Waals surface area contributed by atoms with E-state index in [4.69, 9.17) is 9.47 Å². The van der Waals surface area contributed by atoms with Crippen LogP contribution >= 0.6 is 0 Å². The number of para-hydroxylation sites is 2. The molecule has 0 amide bonds. The van der Waals surface area contributed by atoms with E-state index in [0.717, 1.165) is 24.9 Å². The summed E-state index contributed by atoms with van der Waals surface area (Å²) in [6.45, 7) is 6.40. The highest BCUT2D eigenvalue weighted by Gasteiger charge is 2.16. The maximum Gasteiger partial charge on any atom is 0.335 e. The third kappa shape index (κ3) is 2.85. The summed E-state index contributed by atoms with van der Waals surface area (Å²) in [5.41, 5.74) is 0.922. The van der Waals surface area contributed by atoms with Gasteiger partial charge in [0.1, 0.15) is 0 Å². The lowest BCUT2D eigenvalue weighted by molar-refractivity contribution is -0.128. The quantitative estimate of drug-likeness (QED) is 0.452. The van der Waals surface area contributed by atoms with E-state index in [9.17, 15) is 4.79 Å². The van der Waals surface area contributed by atoms with Crippen LogP contribution < -0.4 is 9.64 Å². The molecule has 4 nitrogen and oxygen atoms in total. The second kappa shape index (κ2) is 5.50. The van der Waals surface area contributed by atoms with Gasteiger partial charge >= 0.3 is 5.97 Å². The van der Waals surface area contributed by atoms with Gasteiger partial charge in [0, 0.05) is 19.2 Å². The number of ether oxygens (including phenoxy) is 2. The van der Waals surface area contributed by atoms with Crippen LogP contribution in [0.2, 0.25) is 0 Å². The van der Waals surface area contributed by atoms with Crippen molar-refractivity contribution in [3.8, 4) is 5.75 Å². The van der Waals surface area contributed by atoms with Crippen molar-refractivity contribution in [2.75, 3.05) is 31.2 Å². The van der Waals surface area contributed by atoms with E-state index in [2.05, 4.69) is 11.5 Å². The molecule has 0 atom stereocenters. The van der Waals surface area contributed by atoms with Crippen LogP contribution in [0, 0.1) is 0 Å². The fourth-order valence-corrected chi connectivity index (χ4v) is 1.76. The highest BCUT2D eigenvalue weighted by Crippen LogP contribution is 2.28. The summed E-state index contributed by atoms with van der Waals surface area (Å²) in [6.07, 6.45) is 1.16. The van der Waals surface area contributed by atoms with Crippen LogP contribution in [0.3, 0.4) is 0 Å². The van der Waals surface area contributed by atoms with E-state index in [1.54, 1.807) is 6.07 Å². The van der Waals surface area contributed by atoms with Crippen LogP contribution in [0.5, 0.6) is 5.75 Å². The number of anilines is 1. The van der Waals surface area contributed by atoms with Crippen LogP contribution in [0.25, 0.3) is 0 Å². The van der Waals surface area contributed by atoms with Crippen molar-refractivity contribution in [2.24, 2.45) is 0 Å². The smallest absolute Gasteiger partial charge is 0.335 e. The molecule has 1 fully saturated rings. The summed E-state index contributed by atoms with van der Waals surface area (Å²) in [5.74, 6) is 0.130. The van der Waals surface area contributed by atoms with Gasteiger partial charge < -0.3 is 14.4 Å². The van der Waals surface area contributed by atoms with Gasteiger partial charge in [-0.1, -0.05) is 18.7 Å². The van der Waals surface area contributed by atoms with Gasteiger partial charge in [-0.05, 0) is 12.1 Å². The molecule has 0 aliphatic carbocycles. The number of esters is 1. The van der Waals surface area contributed by atoms with Crippen molar-refractivity contribution in [1.29, 1.82) is 0 Å². The summed E-state index contributed by atoms with van der Waals surface area (Å²) in [5, 5.41) is 0. The summed E-state index contributed by atoms with van der Waals surface area (Å²) in [6, 6.07) is 7.49. The Morgan fingerprint density at radius 3 is 2.76 bits per heavy atom. The van der Waals surface area contributed by atoms with E-state index in [0.29, 0.717) is 19.0 Å². The largest absolute Gasteiger partial charge is 0.421 e. The van der Waals surface area contributed by atoms with Crippen molar-refractivity contribution in [3.05, 3.63) is 36.9 Å². The molecule has 0 N–H and O–H groups in total. The molecule has 1 saturated heterocycles. The first-order valence-electron chi connectivity index (χ1n) is 5.57. The predicted molar refractivity (Wildman–Crippen MR) is 65.3 cm³/mol. The minimum atomic E-state index is -0.439. The SMILES string of the molecule is C=CC(=O)Oc1ccccc1N1CCOCC1. The molecule has 1 aromatic rings. The normalized spacial score (nSPS) is 15.4. The zero-order valence-corrected chi connectivity index (χ0v) is 9.59. The molecule has 0 spiro atoms. The monoisotopic (exact) mass is 233 g/mol. The molecule has 0 aromatic heterocycles. The van der Waals surface area contributed by atoms with Crippen molar-refractivity contribution < 1.29 is 14.3 Å². The van der Waals surface area contributed by atoms with Gasteiger partial charge in [0.25, 0.3) is 0 Å². The van der Waals surface area contributed by atoms with Gasteiger partial charge in [0.2, 0.25) is 0 Å². The number of morpholine rings is 1. The van der Waals surface area contributed by atoms with Gasteiger partial charge in [-0.2, -0.15) is 0 Å². The number of rotatable bonds is 3. The van der Waals surface area contributed by atoms with Crippen LogP contribution in [-0.4, -0.2) is 32.3 Å². The molecule has 1 heterocycles. The molecule has 90 valence electrons. The molecule has 0 bridgehead atoms. The number of hydrogen-bond donors (Lipinski definition) is 0. The van der Waals surface area contributed by atoms with Gasteiger partial charge in [-0.15, -0.1) is 0 Å². The lowest BCUT2D eigenvalue weighted by atomic mass is 10.2. The number of benzene rings is 1. The maximum atomic E-state index is 11.2. The summed E-state index contributed by atoms with van der Waals surface area (Å²) >= 11 is 0. The minimum absolute atomic E-state index is 0.439. The molecular formula is C13H15NO3. The van der Waals surface area contributed by atoms with E-state index >= 15 is 0 Å². The topological polar surface area (TPSA) is 38.8 Å². The first-order valence-corrected chi connectivity index (χ1v) is 5.57. The first kappa shape index (κ1) is 11.7. The Morgan fingerprint density at radius 1 is 1.35 bits per heavy atom. The molecule has 1 aromatic carbocycles. The summed E-state index contributed by atoms with van der Waals surface area (Å²) < 4.78 is 10.5. The van der Waals surface area contributed by atoms with Gasteiger partial charge in [-0.25, -0.2) is 4.79 Å². The molecule has 0 radical (unpaired) electrons. The van der Waals surface area contributed by atoms with Gasteiger partial charge in [0.15, 0.2) is 5.75 Å². The second-order valence-electron chi connectivity index (χ2n) is 3.69. The third-order valence-corrected chi connectivity index (χ3v) is 2.59. The van der Waals surface area contributed by atoms with Crippen molar-refractivity contribution in [3.63, 3.8) is 0 Å². The standard InChI is InChI=1S/C13H15NO3/c1-2-13(15)17-12-6-4-3-5-11(12)14-7-9-16-10-8-14/h2-6H,1,7-10H2. The Hall–Kier alpha value is -1.81. The number of hydrogen-bond acceptors (Lipinski definition) is 4. The highest BCUT2D eigenvalue weighted by molar-refractivity contribution is 5.84. The van der Waals surface area contributed by atoms with E-state index in [-0.39, 0.29) is 0 Å². The average molecular weight is 233 g/mol. The predicted octanol–water partition coefficient (Wildman–Crippen LogP) is 1.61. The van der Waals surface area contributed by atoms with Crippen molar-refractivity contribution in [2.45, 2.75) is 0 Å². The number of carbonyl (C=O) groups is 1. The lowest BCUT2D eigenvalue weighted by Gasteiger charge is -2.29. The van der Waals surface area contributed by atoms with E-state index in [1.165, 1.54) is 0 Å². The number of nitrogens with zero attached hydrogens (tertiary/aromatic N) is 1. The van der Waals surface area contributed by atoms with E-state index in [1.807, 2.05) is 18.2 Å². The molecule has 4 heteroatoms. The average Bonchev–Trinajstić information content (AvgIpc) is 2.40. The fourth-order valence-electron chi connectivity index (χ4n) is 1.76. The molecule has 1 aliphatic rings. The zero-order valence-electron chi connectivity index (χ0n) is 9.59. The van der Waals surface area contributed by atoms with Crippen LogP contribution in [-0.2, 0) is 9.53 Å². The molecular weight excluding hydrogens is 218 g/mol. The van der Waals surface area contributed by atoms with Crippen molar-refractivity contribution in [1.82, 2.24) is 0 Å². The van der Waals surface area contributed by atoms with Gasteiger partial charge in [0.05, 0.1) is 18.9 Å². The molecule has 17 heavy (non-hydrogen) atoms. The van der Waals surface area contributed by atoms with Gasteiger partial charge in [-0.3, -0.25) is 0 Å².